The monoisotopic (exact) mass is 444 g/mol. The summed E-state index contributed by atoms with van der Waals surface area (Å²) in [4.78, 5) is 25.8. The highest BCUT2D eigenvalue weighted by atomic mass is 16.4. The van der Waals surface area contributed by atoms with Crippen molar-refractivity contribution in [3.63, 3.8) is 0 Å². The molecule has 33 heavy (non-hydrogen) atoms. The fourth-order valence-electron chi connectivity index (χ4n) is 3.59. The summed E-state index contributed by atoms with van der Waals surface area (Å²) >= 11 is 0. The molecule has 3 rings (SSSR count). The van der Waals surface area contributed by atoms with Crippen LogP contribution in [0.4, 0.5) is 5.69 Å². The van der Waals surface area contributed by atoms with Crippen molar-refractivity contribution in [2.24, 2.45) is 0 Å². The summed E-state index contributed by atoms with van der Waals surface area (Å²) in [7, 11) is -1.32. The third-order valence-corrected chi connectivity index (χ3v) is 5.35. The molecule has 170 valence electrons. The molecule has 0 bridgehead atoms. The summed E-state index contributed by atoms with van der Waals surface area (Å²) in [6, 6.07) is 25.6. The quantitative estimate of drug-likeness (QED) is 0.264. The highest BCUT2D eigenvalue weighted by molar-refractivity contribution is 6.40. The minimum absolute atomic E-state index is 0.285. The molecule has 2 amide bonds. The average Bonchev–Trinajstić information content (AvgIpc) is 2.84. The molecule has 0 aromatic heterocycles. The van der Waals surface area contributed by atoms with Crippen LogP contribution < -0.4 is 10.6 Å². The molecule has 0 aliphatic heterocycles. The summed E-state index contributed by atoms with van der Waals surface area (Å²) < 4.78 is 0. The zero-order valence-corrected chi connectivity index (χ0v) is 18.5. The van der Waals surface area contributed by atoms with Crippen LogP contribution in [0.5, 0.6) is 0 Å². The maximum Gasteiger partial charge on any atom is 0.451 e. The van der Waals surface area contributed by atoms with E-state index < -0.39 is 13.2 Å². The minimum Gasteiger partial charge on any atom is -0.427 e. The Morgan fingerprint density at radius 2 is 1.45 bits per heavy atom. The topological polar surface area (TPSA) is 98.7 Å². The molecule has 0 saturated heterocycles. The van der Waals surface area contributed by atoms with Crippen molar-refractivity contribution in [3.8, 4) is 11.1 Å². The smallest absolute Gasteiger partial charge is 0.427 e. The second kappa shape index (κ2) is 12.6. The Labute approximate surface area is 194 Å². The molecule has 1 atom stereocenters. The molecule has 0 radical (unpaired) electrons. The van der Waals surface area contributed by atoms with Crippen LogP contribution in [0.1, 0.15) is 36.0 Å². The SMILES string of the molecule is O=C(N[C@H](CCCCCB(O)O)C(=O)Nc1cccc(-c2ccccc2)c1)c1ccccc1. The molecule has 6 nitrogen and oxygen atoms in total. The van der Waals surface area contributed by atoms with E-state index in [1.54, 1.807) is 24.3 Å². The zero-order valence-electron chi connectivity index (χ0n) is 18.5. The fourth-order valence-corrected chi connectivity index (χ4v) is 3.59. The molecule has 0 saturated carbocycles. The van der Waals surface area contributed by atoms with Gasteiger partial charge in [-0.1, -0.05) is 79.9 Å². The van der Waals surface area contributed by atoms with E-state index in [0.29, 0.717) is 36.8 Å². The average molecular weight is 444 g/mol. The Morgan fingerprint density at radius 1 is 0.788 bits per heavy atom. The minimum atomic E-state index is -1.32. The molecule has 3 aromatic carbocycles. The van der Waals surface area contributed by atoms with E-state index >= 15 is 0 Å². The Morgan fingerprint density at radius 3 is 2.15 bits per heavy atom. The summed E-state index contributed by atoms with van der Waals surface area (Å²) in [6.07, 6.45) is 2.78. The first-order valence-electron chi connectivity index (χ1n) is 11.2. The molecule has 0 unspecified atom stereocenters. The fraction of sp³-hybridized carbons (Fsp3) is 0.231. The Kier molecular flexibility index (Phi) is 9.24. The van der Waals surface area contributed by atoms with Gasteiger partial charge in [0.25, 0.3) is 5.91 Å². The van der Waals surface area contributed by atoms with Crippen molar-refractivity contribution in [1.29, 1.82) is 0 Å². The number of amides is 2. The lowest BCUT2D eigenvalue weighted by molar-refractivity contribution is -0.118. The second-order valence-electron chi connectivity index (χ2n) is 7.95. The number of anilines is 1. The molecular weight excluding hydrogens is 415 g/mol. The van der Waals surface area contributed by atoms with Crippen molar-refractivity contribution in [1.82, 2.24) is 5.32 Å². The van der Waals surface area contributed by atoms with Gasteiger partial charge in [-0.3, -0.25) is 9.59 Å². The molecule has 0 fully saturated rings. The number of hydrogen-bond acceptors (Lipinski definition) is 4. The van der Waals surface area contributed by atoms with E-state index in [2.05, 4.69) is 10.6 Å². The number of unbranched alkanes of at least 4 members (excludes halogenated alkanes) is 2. The molecular formula is C26H29BN2O4. The van der Waals surface area contributed by atoms with Gasteiger partial charge in [-0.15, -0.1) is 0 Å². The molecule has 0 spiro atoms. The van der Waals surface area contributed by atoms with Gasteiger partial charge in [-0.2, -0.15) is 0 Å². The van der Waals surface area contributed by atoms with Gasteiger partial charge in [-0.25, -0.2) is 0 Å². The number of carbonyl (C=O) groups excluding carboxylic acids is 2. The lowest BCUT2D eigenvalue weighted by atomic mass is 9.83. The van der Waals surface area contributed by atoms with Gasteiger partial charge < -0.3 is 20.7 Å². The highest BCUT2D eigenvalue weighted by Gasteiger charge is 2.21. The van der Waals surface area contributed by atoms with Gasteiger partial charge in [0.1, 0.15) is 6.04 Å². The van der Waals surface area contributed by atoms with Crippen LogP contribution in [0.3, 0.4) is 0 Å². The first-order chi connectivity index (χ1) is 16.0. The van der Waals surface area contributed by atoms with Crippen LogP contribution in [-0.2, 0) is 4.79 Å². The number of hydrogen-bond donors (Lipinski definition) is 4. The lowest BCUT2D eigenvalue weighted by Gasteiger charge is -2.19. The number of carbonyl (C=O) groups is 2. The van der Waals surface area contributed by atoms with Gasteiger partial charge in [0.15, 0.2) is 0 Å². The van der Waals surface area contributed by atoms with Gasteiger partial charge in [0.2, 0.25) is 5.91 Å². The summed E-state index contributed by atoms with van der Waals surface area (Å²) in [6.45, 7) is 0. The Hall–Kier alpha value is -3.42. The predicted octanol–water partition coefficient (Wildman–Crippen LogP) is 4.12. The predicted molar refractivity (Wildman–Crippen MR) is 132 cm³/mol. The van der Waals surface area contributed by atoms with Crippen molar-refractivity contribution in [3.05, 3.63) is 90.5 Å². The van der Waals surface area contributed by atoms with Crippen molar-refractivity contribution in [2.75, 3.05) is 5.32 Å². The lowest BCUT2D eigenvalue weighted by Crippen LogP contribution is -2.43. The summed E-state index contributed by atoms with van der Waals surface area (Å²) in [5.74, 6) is -0.591. The molecule has 0 aliphatic rings. The molecule has 7 heteroatoms. The standard InChI is InChI=1S/C26H29BN2O4/c30-25(21-13-6-2-7-14-21)29-24(17-8-3-9-18-27(32)33)26(31)28-23-16-10-15-22(19-23)20-11-4-1-5-12-20/h1-2,4-7,10-16,19,24,32-33H,3,8-9,17-18H2,(H,28,31)(H,29,30)/t24-/m1/s1. The first kappa shape index (κ1) is 24.2. The highest BCUT2D eigenvalue weighted by Crippen LogP contribution is 2.22. The Bertz CT molecular complexity index is 1030. The van der Waals surface area contributed by atoms with Gasteiger partial charge in [0, 0.05) is 11.3 Å². The van der Waals surface area contributed by atoms with E-state index in [1.807, 2.05) is 60.7 Å². The van der Waals surface area contributed by atoms with Crippen LogP contribution in [0, 0.1) is 0 Å². The number of rotatable bonds is 11. The molecule has 3 aromatic rings. The van der Waals surface area contributed by atoms with Gasteiger partial charge in [-0.05, 0) is 48.1 Å². The van der Waals surface area contributed by atoms with Crippen LogP contribution in [0.25, 0.3) is 11.1 Å². The second-order valence-corrected chi connectivity index (χ2v) is 7.95. The largest absolute Gasteiger partial charge is 0.451 e. The first-order valence-corrected chi connectivity index (χ1v) is 11.2. The van der Waals surface area contributed by atoms with E-state index in [9.17, 15) is 9.59 Å². The number of nitrogens with one attached hydrogen (secondary N) is 2. The van der Waals surface area contributed by atoms with Gasteiger partial charge in [0.05, 0.1) is 0 Å². The Balaban J connectivity index is 1.68. The van der Waals surface area contributed by atoms with Crippen molar-refractivity contribution < 1.29 is 19.6 Å². The van der Waals surface area contributed by atoms with Gasteiger partial charge >= 0.3 is 7.12 Å². The van der Waals surface area contributed by atoms with Crippen LogP contribution >= 0.6 is 0 Å². The van der Waals surface area contributed by atoms with Crippen LogP contribution in [0.2, 0.25) is 6.32 Å². The van der Waals surface area contributed by atoms with E-state index in [-0.39, 0.29) is 11.8 Å². The molecule has 0 aliphatic carbocycles. The third-order valence-electron chi connectivity index (χ3n) is 5.35. The zero-order chi connectivity index (χ0) is 23.5. The van der Waals surface area contributed by atoms with E-state index in [1.165, 1.54) is 0 Å². The molecule has 0 heterocycles. The third kappa shape index (κ3) is 7.90. The number of benzene rings is 3. The molecule has 4 N–H and O–H groups in total. The van der Waals surface area contributed by atoms with Crippen molar-refractivity contribution >= 4 is 24.6 Å². The summed E-state index contributed by atoms with van der Waals surface area (Å²) in [5.41, 5.74) is 3.18. The normalized spacial score (nSPS) is 11.5. The summed E-state index contributed by atoms with van der Waals surface area (Å²) in [5, 5.41) is 23.8. The van der Waals surface area contributed by atoms with Crippen LogP contribution in [-0.4, -0.2) is 35.0 Å². The van der Waals surface area contributed by atoms with Crippen LogP contribution in [0.15, 0.2) is 84.9 Å². The van der Waals surface area contributed by atoms with Crippen molar-refractivity contribution in [2.45, 2.75) is 38.0 Å². The maximum absolute atomic E-state index is 13.1. The maximum atomic E-state index is 13.1. The van der Waals surface area contributed by atoms with E-state index in [0.717, 1.165) is 17.5 Å². The van der Waals surface area contributed by atoms with E-state index in [4.69, 9.17) is 10.0 Å².